The minimum absolute atomic E-state index is 0.279. The van der Waals surface area contributed by atoms with Crippen molar-refractivity contribution in [3.8, 4) is 22.9 Å². The lowest BCUT2D eigenvalue weighted by Gasteiger charge is -2.25. The summed E-state index contributed by atoms with van der Waals surface area (Å²) in [5, 5.41) is 15.8. The number of ether oxygens (including phenoxy) is 3. The van der Waals surface area contributed by atoms with Gasteiger partial charge < -0.3 is 19.3 Å². The van der Waals surface area contributed by atoms with Crippen molar-refractivity contribution in [2.75, 3.05) is 40.0 Å². The Balaban J connectivity index is 1.97. The summed E-state index contributed by atoms with van der Waals surface area (Å²) in [7, 11) is 3.52. The first kappa shape index (κ1) is 25.2. The molecule has 0 aliphatic rings. The Labute approximate surface area is 200 Å². The maximum atomic E-state index is 10.5. The smallest absolute Gasteiger partial charge is 0.222 e. The number of aromatic nitrogens is 2. The van der Waals surface area contributed by atoms with Crippen LogP contribution in [0.1, 0.15) is 12.5 Å². The van der Waals surface area contributed by atoms with Crippen molar-refractivity contribution in [2.24, 2.45) is 7.05 Å². The third kappa shape index (κ3) is 7.03. The minimum atomic E-state index is -0.619. The fraction of sp³-hybridized carbons (Fsp3) is 0.400. The maximum absolute atomic E-state index is 10.5. The van der Waals surface area contributed by atoms with E-state index >= 15 is 0 Å². The Hall–Kier alpha value is -2.42. The number of rotatable bonds is 13. The molecule has 1 aromatic heterocycles. The van der Waals surface area contributed by atoms with Crippen molar-refractivity contribution in [2.45, 2.75) is 19.6 Å². The van der Waals surface area contributed by atoms with Gasteiger partial charge in [-0.1, -0.05) is 54.1 Å². The Morgan fingerprint density at radius 1 is 1.12 bits per heavy atom. The molecule has 0 unspecified atom stereocenters. The van der Waals surface area contributed by atoms with E-state index in [9.17, 15) is 5.11 Å². The molecule has 0 spiro atoms. The zero-order valence-electron chi connectivity index (χ0n) is 19.4. The molecule has 3 aromatic rings. The van der Waals surface area contributed by atoms with Gasteiger partial charge in [-0.25, -0.2) is 4.68 Å². The number of halogens is 1. The number of aliphatic hydroxyl groups is 1. The molecular weight excluding hydrogens is 442 g/mol. The lowest BCUT2D eigenvalue weighted by atomic mass is 10.1. The number of hydrogen-bond donors (Lipinski definition) is 1. The highest BCUT2D eigenvalue weighted by Crippen LogP contribution is 2.36. The van der Waals surface area contributed by atoms with Gasteiger partial charge >= 0.3 is 0 Å². The molecule has 0 amide bonds. The van der Waals surface area contributed by atoms with Crippen LogP contribution in [0.3, 0.4) is 0 Å². The molecule has 0 aliphatic heterocycles. The van der Waals surface area contributed by atoms with Gasteiger partial charge in [0.05, 0.1) is 29.9 Å². The number of para-hydroxylation sites is 1. The molecule has 33 heavy (non-hydrogen) atoms. The Morgan fingerprint density at radius 3 is 2.55 bits per heavy atom. The van der Waals surface area contributed by atoms with Gasteiger partial charge in [0.1, 0.15) is 11.4 Å². The molecule has 0 radical (unpaired) electrons. The standard InChI is InChI=1S/C25H32ClN3O4/c1-4-32-18-20(30)16-29(14-15-31-3)17-21-24(19-10-6-5-7-11-19)27-28(2)25(21)33-23-13-9-8-12-22(23)26/h5-13,20,30H,4,14-18H2,1-3H3/t20-/m0/s1. The number of aliphatic hydroxyl groups excluding tert-OH is 1. The second-order valence-corrected chi connectivity index (χ2v) is 8.10. The van der Waals surface area contributed by atoms with Crippen molar-refractivity contribution >= 4 is 11.6 Å². The summed E-state index contributed by atoms with van der Waals surface area (Å²) in [4.78, 5) is 2.12. The average molecular weight is 474 g/mol. The second-order valence-electron chi connectivity index (χ2n) is 7.70. The summed E-state index contributed by atoms with van der Waals surface area (Å²) in [5.74, 6) is 1.16. The summed E-state index contributed by atoms with van der Waals surface area (Å²) >= 11 is 6.37. The number of methoxy groups -OCH3 is 1. The Bertz CT molecular complexity index is 997. The molecule has 0 aliphatic carbocycles. The predicted molar refractivity (Wildman–Crippen MR) is 130 cm³/mol. The minimum Gasteiger partial charge on any atom is -0.437 e. The number of benzene rings is 2. The highest BCUT2D eigenvalue weighted by atomic mass is 35.5. The Kier molecular flexibility index (Phi) is 9.72. The predicted octanol–water partition coefficient (Wildman–Crippen LogP) is 4.38. The van der Waals surface area contributed by atoms with Gasteiger partial charge in [0.2, 0.25) is 5.88 Å². The SMILES string of the molecule is CCOC[C@@H](O)CN(CCOC)Cc1c(-c2ccccc2)nn(C)c1Oc1ccccc1Cl. The molecule has 8 heteroatoms. The van der Waals surface area contributed by atoms with E-state index in [1.807, 2.05) is 62.5 Å². The lowest BCUT2D eigenvalue weighted by Crippen LogP contribution is -2.36. The van der Waals surface area contributed by atoms with Gasteiger partial charge in [-0.15, -0.1) is 0 Å². The van der Waals surface area contributed by atoms with E-state index in [-0.39, 0.29) is 6.61 Å². The van der Waals surface area contributed by atoms with Crippen molar-refractivity contribution < 1.29 is 19.3 Å². The first-order chi connectivity index (χ1) is 16.0. The highest BCUT2D eigenvalue weighted by molar-refractivity contribution is 6.32. The fourth-order valence-corrected chi connectivity index (χ4v) is 3.74. The third-order valence-corrected chi connectivity index (χ3v) is 5.47. The summed E-state index contributed by atoms with van der Waals surface area (Å²) in [6.45, 7) is 4.85. The normalized spacial score (nSPS) is 12.3. The molecular formula is C25H32ClN3O4. The zero-order chi connectivity index (χ0) is 23.6. The van der Waals surface area contributed by atoms with Crippen LogP contribution in [0.25, 0.3) is 11.3 Å². The van der Waals surface area contributed by atoms with Crippen LogP contribution in [0.15, 0.2) is 54.6 Å². The van der Waals surface area contributed by atoms with Crippen LogP contribution in [0.5, 0.6) is 11.6 Å². The van der Waals surface area contributed by atoms with E-state index in [2.05, 4.69) is 4.90 Å². The van der Waals surface area contributed by atoms with Crippen LogP contribution in [-0.2, 0) is 23.1 Å². The molecule has 1 atom stereocenters. The van der Waals surface area contributed by atoms with Gasteiger partial charge in [-0.2, -0.15) is 5.10 Å². The number of nitrogens with zero attached hydrogens (tertiary/aromatic N) is 3. The van der Waals surface area contributed by atoms with E-state index in [4.69, 9.17) is 30.9 Å². The molecule has 1 heterocycles. The molecule has 178 valence electrons. The summed E-state index contributed by atoms with van der Waals surface area (Å²) in [6, 6.07) is 17.3. The third-order valence-electron chi connectivity index (χ3n) is 5.16. The van der Waals surface area contributed by atoms with Gasteiger partial charge in [0.15, 0.2) is 0 Å². The number of aryl methyl sites for hydroxylation is 1. The van der Waals surface area contributed by atoms with E-state index in [0.29, 0.717) is 49.5 Å². The van der Waals surface area contributed by atoms with Crippen molar-refractivity contribution in [1.29, 1.82) is 0 Å². The van der Waals surface area contributed by atoms with Crippen LogP contribution in [0, 0.1) is 0 Å². The maximum Gasteiger partial charge on any atom is 0.222 e. The molecule has 0 bridgehead atoms. The molecule has 1 N–H and O–H groups in total. The molecule has 7 nitrogen and oxygen atoms in total. The molecule has 0 saturated carbocycles. The van der Waals surface area contributed by atoms with Crippen LogP contribution < -0.4 is 4.74 Å². The van der Waals surface area contributed by atoms with Crippen molar-refractivity contribution in [3.63, 3.8) is 0 Å². The first-order valence-electron chi connectivity index (χ1n) is 11.0. The van der Waals surface area contributed by atoms with E-state index in [0.717, 1.165) is 16.8 Å². The van der Waals surface area contributed by atoms with Gasteiger partial charge in [0.25, 0.3) is 0 Å². The summed E-state index contributed by atoms with van der Waals surface area (Å²) in [5.41, 5.74) is 2.71. The molecule has 0 saturated heterocycles. The highest BCUT2D eigenvalue weighted by Gasteiger charge is 2.23. The fourth-order valence-electron chi connectivity index (χ4n) is 3.57. The van der Waals surface area contributed by atoms with Crippen LogP contribution in [-0.4, -0.2) is 65.9 Å². The van der Waals surface area contributed by atoms with E-state index in [1.165, 1.54) is 0 Å². The molecule has 0 fully saturated rings. The van der Waals surface area contributed by atoms with Crippen LogP contribution >= 0.6 is 11.6 Å². The summed E-state index contributed by atoms with van der Waals surface area (Å²) in [6.07, 6.45) is -0.619. The Morgan fingerprint density at radius 2 is 1.85 bits per heavy atom. The largest absolute Gasteiger partial charge is 0.437 e. The quantitative estimate of drug-likeness (QED) is 0.397. The molecule has 3 rings (SSSR count). The van der Waals surface area contributed by atoms with Gasteiger partial charge in [0, 0.05) is 46.0 Å². The number of hydrogen-bond acceptors (Lipinski definition) is 6. The van der Waals surface area contributed by atoms with E-state index < -0.39 is 6.10 Å². The van der Waals surface area contributed by atoms with Crippen molar-refractivity contribution in [3.05, 3.63) is 65.2 Å². The molecule has 2 aromatic carbocycles. The average Bonchev–Trinajstić information content (AvgIpc) is 3.13. The summed E-state index contributed by atoms with van der Waals surface area (Å²) < 4.78 is 18.7. The van der Waals surface area contributed by atoms with Crippen LogP contribution in [0.2, 0.25) is 5.02 Å². The van der Waals surface area contributed by atoms with Crippen LogP contribution in [0.4, 0.5) is 0 Å². The zero-order valence-corrected chi connectivity index (χ0v) is 20.2. The van der Waals surface area contributed by atoms with E-state index in [1.54, 1.807) is 17.9 Å². The topological polar surface area (TPSA) is 69.0 Å². The monoisotopic (exact) mass is 473 g/mol. The lowest BCUT2D eigenvalue weighted by molar-refractivity contribution is 0.0148. The van der Waals surface area contributed by atoms with Crippen molar-refractivity contribution in [1.82, 2.24) is 14.7 Å². The van der Waals surface area contributed by atoms with Gasteiger partial charge in [-0.05, 0) is 19.1 Å². The first-order valence-corrected chi connectivity index (χ1v) is 11.4. The second kappa shape index (κ2) is 12.7. The van der Waals surface area contributed by atoms with Gasteiger partial charge in [-0.3, -0.25) is 4.90 Å².